The van der Waals surface area contributed by atoms with Crippen LogP contribution in [0.25, 0.3) is 5.73 Å². The van der Waals surface area contributed by atoms with Gasteiger partial charge in [-0.05, 0) is 11.4 Å². The molecule has 42 valence electrons. The fourth-order valence-electron chi connectivity index (χ4n) is 0.408. The predicted molar refractivity (Wildman–Crippen MR) is 33.0 cm³/mol. The van der Waals surface area contributed by atoms with Gasteiger partial charge in [0.25, 0.3) is 0 Å². The van der Waals surface area contributed by atoms with E-state index in [1.54, 1.807) is 17.5 Å². The van der Waals surface area contributed by atoms with Crippen LogP contribution < -0.4 is 29.6 Å². The van der Waals surface area contributed by atoms with E-state index < -0.39 is 5.91 Å². The molecule has 0 spiro atoms. The average molecular weight is 149 g/mol. The Hall–Kier alpha value is 0.170. The van der Waals surface area contributed by atoms with Gasteiger partial charge in [-0.2, -0.15) is 0 Å². The van der Waals surface area contributed by atoms with Crippen LogP contribution in [-0.4, -0.2) is 5.91 Å². The molecule has 0 aliphatic carbocycles. The van der Waals surface area contributed by atoms with Gasteiger partial charge < -0.3 is 10.5 Å². The summed E-state index contributed by atoms with van der Waals surface area (Å²) in [7, 11) is 0. The molecule has 0 radical (unpaired) electrons. The summed E-state index contributed by atoms with van der Waals surface area (Å²) in [6, 6.07) is 3.40. The number of thiophene rings is 1. The van der Waals surface area contributed by atoms with Crippen molar-refractivity contribution in [1.29, 1.82) is 0 Å². The Morgan fingerprint density at radius 1 is 1.67 bits per heavy atom. The third-order valence-corrected chi connectivity index (χ3v) is 1.61. The summed E-state index contributed by atoms with van der Waals surface area (Å²) in [5.74, 6) is -0.597. The van der Waals surface area contributed by atoms with E-state index in [0.29, 0.717) is 4.88 Å². The zero-order valence-electron chi connectivity index (χ0n) is 5.05. The molecule has 0 bridgehead atoms. The number of amides is 1. The molecular formula is C5H4NNaOS. The summed E-state index contributed by atoms with van der Waals surface area (Å²) in [5.41, 5.74) is 6.61. The molecule has 0 unspecified atom stereocenters. The molecule has 1 aromatic heterocycles. The van der Waals surface area contributed by atoms with E-state index in [9.17, 15) is 4.79 Å². The van der Waals surface area contributed by atoms with E-state index in [2.05, 4.69) is 0 Å². The SMILES string of the molecule is [NH-]C(=O)c1cccs1.[Na+]. The second kappa shape index (κ2) is 4.06. The van der Waals surface area contributed by atoms with Gasteiger partial charge in [0.15, 0.2) is 0 Å². The zero-order chi connectivity index (χ0) is 5.98. The molecule has 1 aromatic rings. The van der Waals surface area contributed by atoms with Crippen molar-refractivity contribution < 1.29 is 34.4 Å². The molecule has 1 heterocycles. The number of hydrogen-bond donors (Lipinski definition) is 0. The molecule has 1 N–H and O–H groups in total. The maximum Gasteiger partial charge on any atom is 1.00 e. The predicted octanol–water partition coefficient (Wildman–Crippen LogP) is -1.06. The minimum absolute atomic E-state index is 0. The van der Waals surface area contributed by atoms with E-state index in [1.165, 1.54) is 11.3 Å². The van der Waals surface area contributed by atoms with E-state index in [4.69, 9.17) is 5.73 Å². The minimum atomic E-state index is -0.597. The van der Waals surface area contributed by atoms with Crippen molar-refractivity contribution >= 4 is 17.2 Å². The molecular weight excluding hydrogens is 145 g/mol. The Morgan fingerprint density at radius 2 is 2.33 bits per heavy atom. The third kappa shape index (κ3) is 2.49. The number of rotatable bonds is 1. The third-order valence-electron chi connectivity index (χ3n) is 0.745. The molecule has 0 saturated carbocycles. The molecule has 4 heteroatoms. The van der Waals surface area contributed by atoms with Gasteiger partial charge in [-0.3, -0.25) is 0 Å². The molecule has 1 rings (SSSR count). The largest absolute Gasteiger partial charge is 1.00 e. The maximum absolute atomic E-state index is 10.2. The van der Waals surface area contributed by atoms with Crippen molar-refractivity contribution in [1.82, 2.24) is 0 Å². The van der Waals surface area contributed by atoms with Crippen LogP contribution in [0.3, 0.4) is 0 Å². The van der Waals surface area contributed by atoms with Crippen LogP contribution in [0.15, 0.2) is 17.5 Å². The summed E-state index contributed by atoms with van der Waals surface area (Å²) in [6.45, 7) is 0. The fraction of sp³-hybridized carbons (Fsp3) is 0. The first-order valence-electron chi connectivity index (χ1n) is 2.10. The first kappa shape index (κ1) is 9.17. The molecule has 0 atom stereocenters. The standard InChI is InChI=1S/C5H5NOS.Na/c6-5(7)4-2-1-3-8-4;/h1-3H,(H2,6,7);/q;+1/p-1. The Labute approximate surface area is 79.4 Å². The topological polar surface area (TPSA) is 40.9 Å². The summed E-state index contributed by atoms with van der Waals surface area (Å²) < 4.78 is 0. The number of hydrogen-bond acceptors (Lipinski definition) is 2. The molecule has 0 aliphatic heterocycles. The van der Waals surface area contributed by atoms with Crippen LogP contribution in [0.5, 0.6) is 0 Å². The van der Waals surface area contributed by atoms with Crippen molar-refractivity contribution in [3.05, 3.63) is 28.1 Å². The van der Waals surface area contributed by atoms with Crippen LogP contribution in [0.4, 0.5) is 0 Å². The monoisotopic (exact) mass is 149 g/mol. The van der Waals surface area contributed by atoms with Crippen molar-refractivity contribution in [2.45, 2.75) is 0 Å². The minimum Gasteiger partial charge on any atom is -0.663 e. The molecule has 2 nitrogen and oxygen atoms in total. The summed E-state index contributed by atoms with van der Waals surface area (Å²) in [6.07, 6.45) is 0. The Balaban J connectivity index is 0.000000640. The van der Waals surface area contributed by atoms with E-state index in [1.807, 2.05) is 0 Å². The van der Waals surface area contributed by atoms with Crippen LogP contribution in [0, 0.1) is 0 Å². The maximum atomic E-state index is 10.2. The van der Waals surface area contributed by atoms with Crippen molar-refractivity contribution in [2.75, 3.05) is 0 Å². The Kier molecular flexibility index (Phi) is 4.14. The molecule has 9 heavy (non-hydrogen) atoms. The van der Waals surface area contributed by atoms with Crippen LogP contribution >= 0.6 is 11.3 Å². The van der Waals surface area contributed by atoms with Crippen LogP contribution in [-0.2, 0) is 0 Å². The molecule has 0 aliphatic rings. The van der Waals surface area contributed by atoms with Gasteiger partial charge in [0, 0.05) is 0 Å². The van der Waals surface area contributed by atoms with E-state index in [0.717, 1.165) is 0 Å². The van der Waals surface area contributed by atoms with Crippen LogP contribution in [0.2, 0.25) is 0 Å². The molecule has 1 amide bonds. The van der Waals surface area contributed by atoms with Gasteiger partial charge in [-0.15, -0.1) is 11.3 Å². The van der Waals surface area contributed by atoms with Gasteiger partial charge in [-0.25, -0.2) is 0 Å². The number of nitrogens with one attached hydrogen (secondary N) is 1. The van der Waals surface area contributed by atoms with E-state index >= 15 is 0 Å². The molecule has 0 fully saturated rings. The first-order chi connectivity index (χ1) is 3.80. The van der Waals surface area contributed by atoms with Crippen LogP contribution in [0.1, 0.15) is 9.67 Å². The summed E-state index contributed by atoms with van der Waals surface area (Å²) in [5, 5.41) is 1.78. The first-order valence-corrected chi connectivity index (χ1v) is 2.98. The van der Waals surface area contributed by atoms with Gasteiger partial charge in [0.2, 0.25) is 0 Å². The Bertz CT molecular complexity index is 185. The second-order valence-electron chi connectivity index (χ2n) is 1.31. The van der Waals surface area contributed by atoms with Crippen molar-refractivity contribution in [2.24, 2.45) is 0 Å². The van der Waals surface area contributed by atoms with Gasteiger partial charge in [-0.1, -0.05) is 6.07 Å². The number of carbonyl (C=O) groups excluding carboxylic acids is 1. The fourth-order valence-corrected chi connectivity index (χ4v) is 0.976. The average Bonchev–Trinajstić information content (AvgIpc) is 2.12. The summed E-state index contributed by atoms with van der Waals surface area (Å²) >= 11 is 1.29. The number of carbonyl (C=O) groups is 1. The summed E-state index contributed by atoms with van der Waals surface area (Å²) in [4.78, 5) is 10.7. The zero-order valence-corrected chi connectivity index (χ0v) is 7.87. The Morgan fingerprint density at radius 3 is 2.56 bits per heavy atom. The second-order valence-corrected chi connectivity index (χ2v) is 2.25. The van der Waals surface area contributed by atoms with E-state index in [-0.39, 0.29) is 29.6 Å². The van der Waals surface area contributed by atoms with Gasteiger partial charge >= 0.3 is 29.6 Å². The normalized spacial score (nSPS) is 8.00. The van der Waals surface area contributed by atoms with Gasteiger partial charge in [0.05, 0.1) is 10.8 Å². The smallest absolute Gasteiger partial charge is 0.663 e. The quantitative estimate of drug-likeness (QED) is 0.469. The van der Waals surface area contributed by atoms with Gasteiger partial charge in [0.1, 0.15) is 0 Å². The van der Waals surface area contributed by atoms with Crippen molar-refractivity contribution in [3.63, 3.8) is 0 Å². The molecule has 0 saturated heterocycles. The van der Waals surface area contributed by atoms with Crippen molar-refractivity contribution in [3.8, 4) is 0 Å². The molecule has 0 aromatic carbocycles.